The molecule has 0 bridgehead atoms. The number of carbonyl (C=O) groups is 3. The Morgan fingerprint density at radius 1 is 1.03 bits per heavy atom. The van der Waals surface area contributed by atoms with Crippen LogP contribution in [0.2, 0.25) is 0 Å². The molecule has 2 aliphatic rings. The van der Waals surface area contributed by atoms with Crippen LogP contribution in [0.5, 0.6) is 0 Å². The Labute approximate surface area is 188 Å². The Hall–Kier alpha value is -3.67. The number of barbiturate groups is 1. The molecule has 1 saturated heterocycles. The van der Waals surface area contributed by atoms with Gasteiger partial charge in [-0.1, -0.05) is 37.3 Å². The summed E-state index contributed by atoms with van der Waals surface area (Å²) in [5.41, 5.74) is 4.34. The first kappa shape index (κ1) is 21.6. The van der Waals surface area contributed by atoms with Crippen LogP contribution in [-0.2, 0) is 9.59 Å². The summed E-state index contributed by atoms with van der Waals surface area (Å²) in [6.45, 7) is 9.57. The van der Waals surface area contributed by atoms with Crippen molar-refractivity contribution in [3.63, 3.8) is 0 Å². The number of imide groups is 2. The van der Waals surface area contributed by atoms with E-state index in [0.717, 1.165) is 40.3 Å². The van der Waals surface area contributed by atoms with Crippen molar-refractivity contribution in [3.8, 4) is 0 Å². The topological polar surface area (TPSA) is 69.7 Å². The molecule has 6 nitrogen and oxygen atoms in total. The summed E-state index contributed by atoms with van der Waals surface area (Å²) in [4.78, 5) is 41.3. The molecule has 0 unspecified atom stereocenters. The van der Waals surface area contributed by atoms with Gasteiger partial charge in [-0.2, -0.15) is 0 Å². The summed E-state index contributed by atoms with van der Waals surface area (Å²) < 4.78 is 0. The molecule has 4 amide bonds. The minimum atomic E-state index is -0.745. The standard InChI is InChI=1S/C26H27N3O3/c1-5-13-28-22-12-11-18(14-20(22)17(2)16-26(28,3)4)15-21-23(30)27-25(32)29(24(21)31)19-9-7-6-8-10-19/h6-12,14-16H,5,13H2,1-4H3,(H,27,30,32)/b21-15-. The number of carbonyl (C=O) groups excluding carboxylic acids is 3. The van der Waals surface area contributed by atoms with Crippen molar-refractivity contribution in [2.45, 2.75) is 39.7 Å². The second kappa shape index (κ2) is 8.11. The van der Waals surface area contributed by atoms with E-state index in [1.54, 1.807) is 36.4 Å². The van der Waals surface area contributed by atoms with E-state index in [0.29, 0.717) is 5.69 Å². The Balaban J connectivity index is 1.74. The number of allylic oxidation sites excluding steroid dienone is 1. The highest BCUT2D eigenvalue weighted by Gasteiger charge is 2.37. The third kappa shape index (κ3) is 3.73. The first-order valence-electron chi connectivity index (χ1n) is 10.8. The second-order valence-electron chi connectivity index (χ2n) is 8.70. The third-order valence-corrected chi connectivity index (χ3v) is 5.88. The first-order chi connectivity index (χ1) is 15.2. The molecule has 0 aromatic heterocycles. The monoisotopic (exact) mass is 429 g/mol. The predicted molar refractivity (Wildman–Crippen MR) is 127 cm³/mol. The number of hydrogen-bond donors (Lipinski definition) is 1. The van der Waals surface area contributed by atoms with E-state index in [2.05, 4.69) is 44.0 Å². The van der Waals surface area contributed by atoms with Crippen molar-refractivity contribution >= 4 is 40.9 Å². The number of hydrogen-bond acceptors (Lipinski definition) is 4. The molecule has 1 N–H and O–H groups in total. The number of anilines is 2. The minimum Gasteiger partial charge on any atom is -0.362 e. The van der Waals surface area contributed by atoms with Crippen LogP contribution in [0.25, 0.3) is 11.6 Å². The Bertz CT molecular complexity index is 1160. The van der Waals surface area contributed by atoms with Gasteiger partial charge in [0.05, 0.1) is 11.2 Å². The highest BCUT2D eigenvalue weighted by Crippen LogP contribution is 2.39. The molecule has 2 aromatic rings. The summed E-state index contributed by atoms with van der Waals surface area (Å²) in [5.74, 6) is -1.32. The van der Waals surface area contributed by atoms with E-state index >= 15 is 0 Å². The van der Waals surface area contributed by atoms with Gasteiger partial charge in [-0.15, -0.1) is 0 Å². The summed E-state index contributed by atoms with van der Waals surface area (Å²) >= 11 is 0. The number of rotatable bonds is 4. The number of benzene rings is 2. The van der Waals surface area contributed by atoms with Gasteiger partial charge in [0.15, 0.2) is 0 Å². The second-order valence-corrected chi connectivity index (χ2v) is 8.70. The van der Waals surface area contributed by atoms with Crippen molar-refractivity contribution in [2.24, 2.45) is 0 Å². The van der Waals surface area contributed by atoms with Gasteiger partial charge in [0.1, 0.15) is 5.57 Å². The lowest BCUT2D eigenvalue weighted by Crippen LogP contribution is -2.54. The average molecular weight is 430 g/mol. The van der Waals surface area contributed by atoms with Crippen LogP contribution in [0.1, 0.15) is 45.2 Å². The van der Waals surface area contributed by atoms with E-state index in [1.165, 1.54) is 0 Å². The van der Waals surface area contributed by atoms with Crippen LogP contribution in [0.3, 0.4) is 0 Å². The fraction of sp³-hybridized carbons (Fsp3) is 0.269. The molecular weight excluding hydrogens is 402 g/mol. The lowest BCUT2D eigenvalue weighted by Gasteiger charge is -2.43. The minimum absolute atomic E-state index is 0.0726. The Kier molecular flexibility index (Phi) is 5.46. The van der Waals surface area contributed by atoms with Gasteiger partial charge in [0.2, 0.25) is 0 Å². The summed E-state index contributed by atoms with van der Waals surface area (Å²) in [5, 5.41) is 2.27. The highest BCUT2D eigenvalue weighted by atomic mass is 16.2. The van der Waals surface area contributed by atoms with Crippen LogP contribution < -0.4 is 15.1 Å². The van der Waals surface area contributed by atoms with Gasteiger partial charge >= 0.3 is 6.03 Å². The molecule has 0 aliphatic carbocycles. The molecule has 32 heavy (non-hydrogen) atoms. The van der Waals surface area contributed by atoms with Gasteiger partial charge in [0, 0.05) is 17.8 Å². The normalized spacial score (nSPS) is 19.1. The number of nitrogens with one attached hydrogen (secondary N) is 1. The van der Waals surface area contributed by atoms with Crippen LogP contribution in [-0.4, -0.2) is 29.9 Å². The molecular formula is C26H27N3O3. The van der Waals surface area contributed by atoms with E-state index in [1.807, 2.05) is 18.2 Å². The molecule has 2 heterocycles. The molecule has 0 saturated carbocycles. The van der Waals surface area contributed by atoms with E-state index in [9.17, 15) is 14.4 Å². The van der Waals surface area contributed by atoms with Gasteiger partial charge in [0.25, 0.3) is 11.8 Å². The maximum absolute atomic E-state index is 13.1. The number of nitrogens with zero attached hydrogens (tertiary/aromatic N) is 2. The molecule has 6 heteroatoms. The zero-order valence-electron chi connectivity index (χ0n) is 18.8. The molecule has 1 fully saturated rings. The maximum Gasteiger partial charge on any atom is 0.335 e. The van der Waals surface area contributed by atoms with Gasteiger partial charge in [-0.3, -0.25) is 14.9 Å². The average Bonchev–Trinajstić information content (AvgIpc) is 2.74. The zero-order chi connectivity index (χ0) is 23.0. The van der Waals surface area contributed by atoms with Crippen molar-refractivity contribution in [3.05, 3.63) is 71.3 Å². The number of amides is 4. The zero-order valence-corrected chi connectivity index (χ0v) is 18.8. The van der Waals surface area contributed by atoms with Crippen LogP contribution in [0.15, 0.2) is 60.2 Å². The molecule has 0 radical (unpaired) electrons. The highest BCUT2D eigenvalue weighted by molar-refractivity contribution is 6.39. The Morgan fingerprint density at radius 3 is 2.44 bits per heavy atom. The van der Waals surface area contributed by atoms with Crippen molar-refractivity contribution in [2.75, 3.05) is 16.3 Å². The van der Waals surface area contributed by atoms with Gasteiger partial charge in [-0.05, 0) is 68.7 Å². The van der Waals surface area contributed by atoms with Crippen molar-refractivity contribution in [1.82, 2.24) is 5.32 Å². The van der Waals surface area contributed by atoms with E-state index in [4.69, 9.17) is 0 Å². The summed E-state index contributed by atoms with van der Waals surface area (Å²) in [6.07, 6.45) is 4.83. The lowest BCUT2D eigenvalue weighted by atomic mass is 9.87. The quantitative estimate of drug-likeness (QED) is 0.562. The predicted octanol–water partition coefficient (Wildman–Crippen LogP) is 4.76. The van der Waals surface area contributed by atoms with Crippen molar-refractivity contribution in [1.29, 1.82) is 0 Å². The third-order valence-electron chi connectivity index (χ3n) is 5.88. The van der Waals surface area contributed by atoms with Crippen molar-refractivity contribution < 1.29 is 14.4 Å². The largest absolute Gasteiger partial charge is 0.362 e. The van der Waals surface area contributed by atoms with Crippen LogP contribution in [0.4, 0.5) is 16.2 Å². The summed E-state index contributed by atoms with van der Waals surface area (Å²) in [7, 11) is 0. The van der Waals surface area contributed by atoms with Gasteiger partial charge < -0.3 is 4.90 Å². The fourth-order valence-corrected chi connectivity index (χ4v) is 4.46. The smallest absolute Gasteiger partial charge is 0.335 e. The number of fused-ring (bicyclic) bond motifs is 1. The molecule has 164 valence electrons. The molecule has 0 spiro atoms. The van der Waals surface area contributed by atoms with Crippen LogP contribution in [0, 0.1) is 0 Å². The summed E-state index contributed by atoms with van der Waals surface area (Å²) in [6, 6.07) is 13.8. The number of urea groups is 1. The molecule has 2 aliphatic heterocycles. The lowest BCUT2D eigenvalue weighted by molar-refractivity contribution is -0.122. The van der Waals surface area contributed by atoms with Gasteiger partial charge in [-0.25, -0.2) is 9.69 Å². The maximum atomic E-state index is 13.1. The number of para-hydroxylation sites is 1. The SMILES string of the molecule is CCCN1c2ccc(/C=C3/C(=O)NC(=O)N(c4ccccc4)C3=O)cc2C(C)=CC1(C)C. The molecule has 4 rings (SSSR count). The van der Waals surface area contributed by atoms with E-state index < -0.39 is 17.8 Å². The Morgan fingerprint density at radius 2 is 1.75 bits per heavy atom. The first-order valence-corrected chi connectivity index (χ1v) is 10.8. The molecule has 2 aromatic carbocycles. The van der Waals surface area contributed by atoms with E-state index in [-0.39, 0.29) is 11.1 Å². The van der Waals surface area contributed by atoms with Crippen LogP contribution >= 0.6 is 0 Å². The molecule has 0 atom stereocenters. The fourth-order valence-electron chi connectivity index (χ4n) is 4.46.